The molecule has 20 heavy (non-hydrogen) atoms. The predicted octanol–water partition coefficient (Wildman–Crippen LogP) is 4.62. The second kappa shape index (κ2) is 7.15. The molecule has 0 aliphatic rings. The van der Waals surface area contributed by atoms with E-state index in [0.717, 1.165) is 3.57 Å². The summed E-state index contributed by atoms with van der Waals surface area (Å²) in [4.78, 5) is 11.8. The SMILES string of the molecule is O=C(COc1ccccc1Cl)Nc1ccc(I)cc1Cl. The molecule has 0 atom stereocenters. The highest BCUT2D eigenvalue weighted by molar-refractivity contribution is 14.1. The predicted molar refractivity (Wildman–Crippen MR) is 89.7 cm³/mol. The summed E-state index contributed by atoms with van der Waals surface area (Å²) in [6.45, 7) is -0.133. The largest absolute Gasteiger partial charge is 0.482 e. The van der Waals surface area contributed by atoms with E-state index < -0.39 is 0 Å². The van der Waals surface area contributed by atoms with Crippen LogP contribution in [0.1, 0.15) is 0 Å². The molecule has 0 unspecified atom stereocenters. The maximum Gasteiger partial charge on any atom is 0.262 e. The van der Waals surface area contributed by atoms with Gasteiger partial charge in [0.1, 0.15) is 5.75 Å². The highest BCUT2D eigenvalue weighted by Gasteiger charge is 2.08. The van der Waals surface area contributed by atoms with Gasteiger partial charge in [-0.1, -0.05) is 35.3 Å². The Bertz CT molecular complexity index is 634. The molecule has 0 heterocycles. The molecular formula is C14H10Cl2INO2. The average molecular weight is 422 g/mol. The number of nitrogens with one attached hydrogen (secondary N) is 1. The van der Waals surface area contributed by atoms with Gasteiger partial charge in [-0.05, 0) is 52.9 Å². The molecule has 0 spiro atoms. The zero-order chi connectivity index (χ0) is 14.5. The van der Waals surface area contributed by atoms with Gasteiger partial charge in [0.15, 0.2) is 6.61 Å². The minimum Gasteiger partial charge on any atom is -0.482 e. The van der Waals surface area contributed by atoms with Crippen molar-refractivity contribution in [3.05, 3.63) is 56.1 Å². The zero-order valence-electron chi connectivity index (χ0n) is 10.2. The summed E-state index contributed by atoms with van der Waals surface area (Å²) in [5.41, 5.74) is 0.555. The molecule has 2 aromatic rings. The van der Waals surface area contributed by atoms with E-state index in [4.69, 9.17) is 27.9 Å². The molecule has 0 aromatic heterocycles. The van der Waals surface area contributed by atoms with Crippen LogP contribution in [0, 0.1) is 3.57 Å². The van der Waals surface area contributed by atoms with E-state index in [2.05, 4.69) is 27.9 Å². The van der Waals surface area contributed by atoms with Crippen LogP contribution < -0.4 is 10.1 Å². The Morgan fingerprint density at radius 2 is 1.90 bits per heavy atom. The van der Waals surface area contributed by atoms with Gasteiger partial charge in [-0.25, -0.2) is 0 Å². The van der Waals surface area contributed by atoms with Gasteiger partial charge in [0.2, 0.25) is 0 Å². The highest BCUT2D eigenvalue weighted by Crippen LogP contribution is 2.25. The van der Waals surface area contributed by atoms with Crippen molar-refractivity contribution in [1.82, 2.24) is 0 Å². The fourth-order valence-electron chi connectivity index (χ4n) is 1.48. The topological polar surface area (TPSA) is 38.3 Å². The smallest absolute Gasteiger partial charge is 0.262 e. The molecule has 0 saturated carbocycles. The van der Waals surface area contributed by atoms with Gasteiger partial charge in [-0.2, -0.15) is 0 Å². The molecule has 0 radical (unpaired) electrons. The quantitative estimate of drug-likeness (QED) is 0.731. The first-order chi connectivity index (χ1) is 9.56. The van der Waals surface area contributed by atoms with Crippen molar-refractivity contribution in [2.24, 2.45) is 0 Å². The number of rotatable bonds is 4. The summed E-state index contributed by atoms with van der Waals surface area (Å²) in [6.07, 6.45) is 0. The lowest BCUT2D eigenvalue weighted by Crippen LogP contribution is -2.20. The molecular weight excluding hydrogens is 412 g/mol. The number of anilines is 1. The fourth-order valence-corrected chi connectivity index (χ4v) is 2.58. The Labute approximate surface area is 140 Å². The van der Waals surface area contributed by atoms with Crippen molar-refractivity contribution in [2.75, 3.05) is 11.9 Å². The molecule has 1 N–H and O–H groups in total. The number of halogens is 3. The van der Waals surface area contributed by atoms with Gasteiger partial charge < -0.3 is 10.1 Å². The second-order valence-corrected chi connectivity index (χ2v) is 5.95. The summed E-state index contributed by atoms with van der Waals surface area (Å²) >= 11 is 14.1. The van der Waals surface area contributed by atoms with Crippen molar-refractivity contribution >= 4 is 57.4 Å². The third-order valence-electron chi connectivity index (χ3n) is 2.40. The van der Waals surface area contributed by atoms with Crippen molar-refractivity contribution in [2.45, 2.75) is 0 Å². The molecule has 0 aliphatic heterocycles. The first kappa shape index (κ1) is 15.4. The second-order valence-electron chi connectivity index (χ2n) is 3.89. The summed E-state index contributed by atoms with van der Waals surface area (Å²) in [7, 11) is 0. The third kappa shape index (κ3) is 4.26. The monoisotopic (exact) mass is 421 g/mol. The maximum absolute atomic E-state index is 11.8. The fraction of sp³-hybridized carbons (Fsp3) is 0.0714. The first-order valence-electron chi connectivity index (χ1n) is 5.68. The van der Waals surface area contributed by atoms with Gasteiger partial charge in [-0.15, -0.1) is 0 Å². The zero-order valence-corrected chi connectivity index (χ0v) is 13.9. The van der Waals surface area contributed by atoms with Crippen LogP contribution in [0.2, 0.25) is 10.0 Å². The number of hydrogen-bond donors (Lipinski definition) is 1. The van der Waals surface area contributed by atoms with Crippen LogP contribution in [-0.4, -0.2) is 12.5 Å². The van der Waals surface area contributed by atoms with Crippen molar-refractivity contribution in [1.29, 1.82) is 0 Å². The van der Waals surface area contributed by atoms with E-state index in [1.165, 1.54) is 0 Å². The number of carbonyl (C=O) groups excluding carboxylic acids is 1. The molecule has 2 aromatic carbocycles. The normalized spacial score (nSPS) is 10.2. The summed E-state index contributed by atoms with van der Waals surface area (Å²) in [5, 5.41) is 3.64. The van der Waals surface area contributed by atoms with E-state index in [9.17, 15) is 4.79 Å². The lowest BCUT2D eigenvalue weighted by atomic mass is 10.3. The maximum atomic E-state index is 11.8. The Morgan fingerprint density at radius 1 is 1.15 bits per heavy atom. The van der Waals surface area contributed by atoms with Crippen LogP contribution in [0.3, 0.4) is 0 Å². The number of hydrogen-bond acceptors (Lipinski definition) is 2. The lowest BCUT2D eigenvalue weighted by molar-refractivity contribution is -0.118. The Morgan fingerprint density at radius 3 is 2.60 bits per heavy atom. The van der Waals surface area contributed by atoms with Crippen LogP contribution in [-0.2, 0) is 4.79 Å². The number of carbonyl (C=O) groups is 1. The van der Waals surface area contributed by atoms with E-state index in [1.807, 2.05) is 6.07 Å². The molecule has 3 nitrogen and oxygen atoms in total. The van der Waals surface area contributed by atoms with Crippen LogP contribution in [0.15, 0.2) is 42.5 Å². The molecule has 2 rings (SSSR count). The van der Waals surface area contributed by atoms with E-state index in [0.29, 0.717) is 21.5 Å². The first-order valence-corrected chi connectivity index (χ1v) is 7.52. The Balaban J connectivity index is 1.94. The van der Waals surface area contributed by atoms with E-state index >= 15 is 0 Å². The van der Waals surface area contributed by atoms with Crippen LogP contribution in [0.25, 0.3) is 0 Å². The third-order valence-corrected chi connectivity index (χ3v) is 3.70. The van der Waals surface area contributed by atoms with Gasteiger partial charge in [-0.3, -0.25) is 4.79 Å². The number of para-hydroxylation sites is 1. The molecule has 0 aliphatic carbocycles. The van der Waals surface area contributed by atoms with E-state index in [-0.39, 0.29) is 12.5 Å². The number of ether oxygens (including phenoxy) is 1. The molecule has 0 fully saturated rings. The van der Waals surface area contributed by atoms with Crippen molar-refractivity contribution in [3.8, 4) is 5.75 Å². The van der Waals surface area contributed by atoms with Crippen LogP contribution >= 0.6 is 45.8 Å². The Hall–Kier alpha value is -0.980. The van der Waals surface area contributed by atoms with Crippen LogP contribution in [0.4, 0.5) is 5.69 Å². The molecule has 0 bridgehead atoms. The van der Waals surface area contributed by atoms with Crippen molar-refractivity contribution in [3.63, 3.8) is 0 Å². The molecule has 1 amide bonds. The van der Waals surface area contributed by atoms with Crippen molar-refractivity contribution < 1.29 is 9.53 Å². The van der Waals surface area contributed by atoms with Crippen LogP contribution in [0.5, 0.6) is 5.75 Å². The summed E-state index contributed by atoms with van der Waals surface area (Å²) in [5.74, 6) is 0.172. The molecule has 104 valence electrons. The molecule has 0 saturated heterocycles. The minimum absolute atomic E-state index is 0.133. The minimum atomic E-state index is -0.298. The summed E-state index contributed by atoms with van der Waals surface area (Å²) < 4.78 is 6.34. The van der Waals surface area contributed by atoms with Gasteiger partial charge in [0.25, 0.3) is 5.91 Å². The standard InChI is InChI=1S/C14H10Cl2INO2/c15-10-3-1-2-4-13(10)20-8-14(19)18-12-6-5-9(17)7-11(12)16/h1-7H,8H2,(H,18,19). The van der Waals surface area contributed by atoms with E-state index in [1.54, 1.807) is 36.4 Å². The number of benzene rings is 2. The van der Waals surface area contributed by atoms with Gasteiger partial charge in [0.05, 0.1) is 15.7 Å². The lowest BCUT2D eigenvalue weighted by Gasteiger charge is -2.09. The molecule has 6 heteroatoms. The average Bonchev–Trinajstić information content (AvgIpc) is 2.41. The van der Waals surface area contributed by atoms with Gasteiger partial charge in [0, 0.05) is 3.57 Å². The Kier molecular flexibility index (Phi) is 5.51. The summed E-state index contributed by atoms with van der Waals surface area (Å²) in [6, 6.07) is 12.4. The van der Waals surface area contributed by atoms with Gasteiger partial charge >= 0.3 is 0 Å². The highest BCUT2D eigenvalue weighted by atomic mass is 127. The number of amides is 1.